The number of nitro benzene ring substituents is 2. The standard InChI is InChI=1S/C14H7ClF3NO5.C14H13NO7S.C3H8NO5P/c15-10-5-7(14(16,17)18)1-4-12(10)24-8-2-3-11(19(22)23)9(6-8)13(20)21;1-23(21,22)8-5-6-9(10(7-8)15(19)20)14(18)13-11(16)3-2-4-12(13)17;5-3(6)1-4-2-10(7,8)9/h1-6H,(H,20,21);5-7,13H,2-4H2,1H3;4H,1-2H2,(H,5,6)(H2,7,8,9). The molecule has 0 saturated heterocycles. The van der Waals surface area contributed by atoms with Gasteiger partial charge in [-0.05, 0) is 42.8 Å². The van der Waals surface area contributed by atoms with Crippen LogP contribution in [-0.4, -0.2) is 86.6 Å². The monoisotopic (exact) mass is 869 g/mol. The van der Waals surface area contributed by atoms with Crippen LogP contribution >= 0.6 is 19.2 Å². The van der Waals surface area contributed by atoms with Crippen molar-refractivity contribution in [3.05, 3.63) is 96.5 Å². The molecule has 26 heteroatoms. The summed E-state index contributed by atoms with van der Waals surface area (Å²) in [6.07, 6.45) is -3.81. The molecule has 0 bridgehead atoms. The van der Waals surface area contributed by atoms with Gasteiger partial charge in [-0.2, -0.15) is 13.2 Å². The zero-order valence-corrected chi connectivity index (χ0v) is 31.1. The van der Waals surface area contributed by atoms with E-state index in [1.54, 1.807) is 0 Å². The molecule has 0 aliphatic heterocycles. The van der Waals surface area contributed by atoms with Crippen molar-refractivity contribution < 1.29 is 84.7 Å². The van der Waals surface area contributed by atoms with Crippen molar-refractivity contribution in [2.24, 2.45) is 5.92 Å². The van der Waals surface area contributed by atoms with E-state index in [2.05, 4.69) is 5.32 Å². The van der Waals surface area contributed by atoms with Gasteiger partial charge in [-0.3, -0.25) is 49.3 Å². The number of alkyl halides is 3. The summed E-state index contributed by atoms with van der Waals surface area (Å²) in [6.45, 7) is -0.439. The van der Waals surface area contributed by atoms with Gasteiger partial charge in [-0.15, -0.1) is 0 Å². The summed E-state index contributed by atoms with van der Waals surface area (Å²) in [7, 11) is -7.79. The number of ketones is 3. The summed E-state index contributed by atoms with van der Waals surface area (Å²) in [6, 6.07) is 8.06. The van der Waals surface area contributed by atoms with Crippen LogP contribution in [-0.2, 0) is 35.0 Å². The fraction of sp³-hybridized carbons (Fsp3) is 0.258. The number of rotatable bonds is 12. The summed E-state index contributed by atoms with van der Waals surface area (Å²) < 4.78 is 75.9. The van der Waals surface area contributed by atoms with E-state index in [1.807, 2.05) is 0 Å². The first-order chi connectivity index (χ1) is 26.1. The van der Waals surface area contributed by atoms with E-state index in [-0.39, 0.29) is 34.3 Å². The third-order valence-electron chi connectivity index (χ3n) is 7.09. The lowest BCUT2D eigenvalue weighted by atomic mass is 9.81. The Morgan fingerprint density at radius 2 is 1.51 bits per heavy atom. The van der Waals surface area contributed by atoms with Gasteiger partial charge in [0.25, 0.3) is 11.4 Å². The number of nitrogens with one attached hydrogen (secondary N) is 1. The predicted octanol–water partition coefficient (Wildman–Crippen LogP) is 4.67. The molecular formula is C31H28ClF3N3O17PS. The van der Waals surface area contributed by atoms with Gasteiger partial charge in [0.15, 0.2) is 27.2 Å². The number of hydrogen-bond donors (Lipinski definition) is 5. The molecule has 20 nitrogen and oxygen atoms in total. The van der Waals surface area contributed by atoms with Gasteiger partial charge in [0.05, 0.1) is 43.7 Å². The smallest absolute Gasteiger partial charge is 0.416 e. The molecule has 3 aromatic carbocycles. The van der Waals surface area contributed by atoms with Gasteiger partial charge in [0.1, 0.15) is 23.0 Å². The molecule has 0 amide bonds. The number of nitro groups is 2. The Balaban J connectivity index is 0.000000320. The van der Waals surface area contributed by atoms with Crippen molar-refractivity contribution in [2.75, 3.05) is 19.1 Å². The molecule has 3 aromatic rings. The number of benzene rings is 3. The van der Waals surface area contributed by atoms with Crippen LogP contribution in [0.4, 0.5) is 24.5 Å². The molecule has 308 valence electrons. The summed E-state index contributed by atoms with van der Waals surface area (Å²) in [5, 5.41) is 40.6. The fourth-order valence-electron chi connectivity index (χ4n) is 4.56. The van der Waals surface area contributed by atoms with E-state index in [0.29, 0.717) is 12.5 Å². The topological polar surface area (TPSA) is 325 Å². The maximum atomic E-state index is 12.6. The average Bonchev–Trinajstić information content (AvgIpc) is 3.07. The highest BCUT2D eigenvalue weighted by Crippen LogP contribution is 2.37. The number of aromatic carboxylic acids is 1. The molecule has 1 fully saturated rings. The van der Waals surface area contributed by atoms with Crippen LogP contribution in [0.1, 0.15) is 45.5 Å². The van der Waals surface area contributed by atoms with Crippen molar-refractivity contribution in [3.63, 3.8) is 0 Å². The van der Waals surface area contributed by atoms with Crippen molar-refractivity contribution in [3.8, 4) is 11.5 Å². The first kappa shape index (κ1) is 47.5. The Hall–Kier alpha value is -5.65. The molecule has 0 radical (unpaired) electrons. The van der Waals surface area contributed by atoms with E-state index in [9.17, 15) is 70.4 Å². The van der Waals surface area contributed by atoms with Gasteiger partial charge in [-0.25, -0.2) is 13.2 Å². The normalized spacial score (nSPS) is 13.3. The van der Waals surface area contributed by atoms with Crippen LogP contribution < -0.4 is 10.1 Å². The highest BCUT2D eigenvalue weighted by molar-refractivity contribution is 7.90. The largest absolute Gasteiger partial charge is 0.480 e. The number of carbonyl (C=O) groups is 5. The minimum atomic E-state index is -4.58. The van der Waals surface area contributed by atoms with Crippen molar-refractivity contribution in [2.45, 2.75) is 30.3 Å². The van der Waals surface area contributed by atoms with Gasteiger partial charge in [0, 0.05) is 37.3 Å². The first-order valence-corrected chi connectivity index (χ1v) is 19.3. The Bertz CT molecular complexity index is 2250. The lowest BCUT2D eigenvalue weighted by molar-refractivity contribution is -0.385. The molecular weight excluding hydrogens is 842 g/mol. The third-order valence-corrected chi connectivity index (χ3v) is 9.13. The van der Waals surface area contributed by atoms with Crippen molar-refractivity contribution in [1.82, 2.24) is 5.32 Å². The molecule has 57 heavy (non-hydrogen) atoms. The van der Waals surface area contributed by atoms with Gasteiger partial charge < -0.3 is 24.7 Å². The Morgan fingerprint density at radius 3 is 1.96 bits per heavy atom. The molecule has 0 aromatic heterocycles. The molecule has 0 heterocycles. The number of carboxylic acid groups (broad SMARTS) is 2. The number of carbonyl (C=O) groups excluding carboxylic acids is 3. The number of halogens is 4. The number of Topliss-reactive ketones (excluding diaryl/α,β-unsaturated/α-hetero) is 3. The highest BCUT2D eigenvalue weighted by atomic mass is 35.5. The summed E-state index contributed by atoms with van der Waals surface area (Å²) >= 11 is 5.72. The third kappa shape index (κ3) is 14.4. The van der Waals surface area contributed by atoms with Crippen LogP contribution in [0.2, 0.25) is 5.02 Å². The second-order valence-corrected chi connectivity index (χ2v) is 15.5. The summed E-state index contributed by atoms with van der Waals surface area (Å²) in [4.78, 5) is 93.0. The maximum absolute atomic E-state index is 12.6. The summed E-state index contributed by atoms with van der Waals surface area (Å²) in [5.74, 6) is -6.59. The van der Waals surface area contributed by atoms with Crippen LogP contribution in [0, 0.1) is 26.1 Å². The lowest BCUT2D eigenvalue weighted by Gasteiger charge is -2.18. The predicted molar refractivity (Wildman–Crippen MR) is 187 cm³/mol. The number of ether oxygens (including phenoxy) is 1. The zero-order valence-electron chi connectivity index (χ0n) is 28.7. The Labute approximate surface area is 322 Å². The van der Waals surface area contributed by atoms with Crippen LogP contribution in [0.25, 0.3) is 0 Å². The number of nitrogens with zero attached hydrogens (tertiary/aromatic N) is 2. The van der Waals surface area contributed by atoms with E-state index in [1.165, 1.54) is 0 Å². The fourth-order valence-corrected chi connectivity index (χ4v) is 5.82. The highest BCUT2D eigenvalue weighted by Gasteiger charge is 2.39. The van der Waals surface area contributed by atoms with Gasteiger partial charge >= 0.3 is 25.7 Å². The van der Waals surface area contributed by atoms with E-state index < -0.39 is 110 Å². The van der Waals surface area contributed by atoms with Crippen LogP contribution in [0.5, 0.6) is 11.5 Å². The van der Waals surface area contributed by atoms with Crippen molar-refractivity contribution >= 4 is 69.7 Å². The minimum Gasteiger partial charge on any atom is -0.480 e. The minimum absolute atomic E-state index is 0.0668. The second kappa shape index (κ2) is 19.5. The molecule has 1 aliphatic rings. The quantitative estimate of drug-likeness (QED) is 0.0542. The molecule has 4 rings (SSSR count). The van der Waals surface area contributed by atoms with Gasteiger partial charge in [-0.1, -0.05) is 11.6 Å². The Morgan fingerprint density at radius 1 is 0.930 bits per heavy atom. The van der Waals surface area contributed by atoms with Crippen LogP contribution in [0.15, 0.2) is 59.5 Å². The maximum Gasteiger partial charge on any atom is 0.416 e. The zero-order chi connectivity index (χ0) is 43.6. The van der Waals surface area contributed by atoms with Crippen molar-refractivity contribution in [1.29, 1.82) is 0 Å². The summed E-state index contributed by atoms with van der Waals surface area (Å²) in [5.41, 5.74) is -3.41. The van der Waals surface area contributed by atoms with Gasteiger partial charge in [0.2, 0.25) is 0 Å². The van der Waals surface area contributed by atoms with Crippen LogP contribution in [0.3, 0.4) is 0 Å². The SMILES string of the molecule is CS(=O)(=O)c1ccc(C(=O)C2C(=O)CCCC2=O)c([N+](=O)[O-])c1.O=C(O)CNCP(=O)(O)O.O=C(O)c1cc(Oc2ccc(C(F)(F)F)cc2Cl)ccc1[N+](=O)[O-]. The molecule has 1 aliphatic carbocycles. The van der Waals surface area contributed by atoms with E-state index >= 15 is 0 Å². The molecule has 0 unspecified atom stereocenters. The Kier molecular flexibility index (Phi) is 16.2. The molecule has 0 atom stereocenters. The lowest BCUT2D eigenvalue weighted by Crippen LogP contribution is -2.35. The number of hydrogen-bond acceptors (Lipinski definition) is 14. The van der Waals surface area contributed by atoms with E-state index in [4.69, 9.17) is 36.3 Å². The number of aliphatic carboxylic acids is 1. The number of sulfone groups is 1. The number of carboxylic acids is 2. The van der Waals surface area contributed by atoms with E-state index in [0.717, 1.165) is 54.8 Å². The molecule has 1 saturated carbocycles. The first-order valence-electron chi connectivity index (χ1n) is 15.3. The average molecular weight is 870 g/mol. The second-order valence-electron chi connectivity index (χ2n) is 11.4. The molecule has 5 N–H and O–H groups in total. The molecule has 0 spiro atoms.